The van der Waals surface area contributed by atoms with Gasteiger partial charge in [-0.2, -0.15) is 11.8 Å². The van der Waals surface area contributed by atoms with Gasteiger partial charge < -0.3 is 9.63 Å². The Morgan fingerprint density at radius 3 is 2.68 bits per heavy atom. The molecule has 0 saturated heterocycles. The van der Waals surface area contributed by atoms with Gasteiger partial charge in [0.05, 0.1) is 11.6 Å². The van der Waals surface area contributed by atoms with Crippen molar-refractivity contribution >= 4 is 48.3 Å². The minimum Gasteiger partial charge on any atom is -0.575 e. The quantitative estimate of drug-likeness (QED) is 0.403. The summed E-state index contributed by atoms with van der Waals surface area (Å²) in [7, 11) is -2.49. The summed E-state index contributed by atoms with van der Waals surface area (Å²) in [4.78, 5) is 25.0. The SMILES string of the molecule is CSCC[C@H](N=[P+]([O-])Oc1c(Cl)ccc2ccccc12)C(=O)OCC(C)(C)C. The fourth-order valence-corrected chi connectivity index (χ4v) is 3.91. The third-order valence-electron chi connectivity index (χ3n) is 3.75. The van der Waals surface area contributed by atoms with E-state index in [1.807, 2.05) is 57.4 Å². The predicted molar refractivity (Wildman–Crippen MR) is 116 cm³/mol. The van der Waals surface area contributed by atoms with E-state index in [0.29, 0.717) is 22.9 Å². The zero-order chi connectivity index (χ0) is 20.7. The van der Waals surface area contributed by atoms with Gasteiger partial charge in [-0.05, 0) is 35.3 Å². The van der Waals surface area contributed by atoms with Crippen LogP contribution in [0, 0.1) is 5.41 Å². The molecule has 0 N–H and O–H groups in total. The van der Waals surface area contributed by atoms with E-state index in [1.54, 1.807) is 17.8 Å². The number of hydrogen-bond acceptors (Lipinski definition) is 6. The Morgan fingerprint density at radius 2 is 2.00 bits per heavy atom. The van der Waals surface area contributed by atoms with Crippen LogP contribution < -0.4 is 9.42 Å². The average molecular weight is 442 g/mol. The molecule has 0 aromatic heterocycles. The summed E-state index contributed by atoms with van der Waals surface area (Å²) < 4.78 is 15.0. The normalized spacial score (nSPS) is 13.4. The molecule has 2 rings (SSSR count). The smallest absolute Gasteiger partial charge is 0.395 e. The molecule has 0 amide bonds. The Labute approximate surface area is 176 Å². The van der Waals surface area contributed by atoms with Crippen LogP contribution in [-0.4, -0.2) is 30.6 Å². The van der Waals surface area contributed by atoms with Gasteiger partial charge in [-0.1, -0.05) is 67.4 Å². The molecular formula is C20H25ClNO4PS. The molecule has 2 atom stereocenters. The summed E-state index contributed by atoms with van der Waals surface area (Å²) in [6, 6.07) is 10.2. The van der Waals surface area contributed by atoms with Crippen molar-refractivity contribution < 1.29 is 18.9 Å². The van der Waals surface area contributed by atoms with E-state index >= 15 is 0 Å². The zero-order valence-corrected chi connectivity index (χ0v) is 18.9. The Bertz CT molecular complexity index is 854. The highest BCUT2D eigenvalue weighted by atomic mass is 35.5. The van der Waals surface area contributed by atoms with E-state index in [1.165, 1.54) is 0 Å². The Hall–Kier alpha value is -1.33. The van der Waals surface area contributed by atoms with E-state index in [4.69, 9.17) is 20.9 Å². The lowest BCUT2D eigenvalue weighted by molar-refractivity contribution is -0.169. The second kappa shape index (κ2) is 10.4. The number of ether oxygens (including phenoxy) is 1. The molecule has 0 aliphatic carbocycles. The van der Waals surface area contributed by atoms with E-state index in [-0.39, 0.29) is 12.0 Å². The minimum absolute atomic E-state index is 0.158. The number of benzene rings is 2. The van der Waals surface area contributed by atoms with Gasteiger partial charge >= 0.3 is 14.1 Å². The fourth-order valence-electron chi connectivity index (χ4n) is 2.36. The third kappa shape index (κ3) is 6.93. The van der Waals surface area contributed by atoms with Crippen LogP contribution in [0.3, 0.4) is 0 Å². The van der Waals surface area contributed by atoms with Crippen LogP contribution in [0.15, 0.2) is 41.1 Å². The second-order valence-corrected chi connectivity index (χ2v) is 9.79. The molecule has 2 aromatic carbocycles. The van der Waals surface area contributed by atoms with E-state index in [2.05, 4.69) is 4.74 Å². The molecule has 0 saturated carbocycles. The van der Waals surface area contributed by atoms with Crippen molar-refractivity contribution in [2.75, 3.05) is 18.6 Å². The summed E-state index contributed by atoms with van der Waals surface area (Å²) in [6.07, 6.45) is 2.36. The van der Waals surface area contributed by atoms with Crippen molar-refractivity contribution in [1.82, 2.24) is 0 Å². The van der Waals surface area contributed by atoms with Crippen molar-refractivity contribution in [2.24, 2.45) is 10.2 Å². The maximum atomic E-state index is 12.6. The second-order valence-electron chi connectivity index (χ2n) is 7.51. The summed E-state index contributed by atoms with van der Waals surface area (Å²) in [5, 5.41) is 1.99. The standard InChI is InChI=1S/C20H25ClNO4PS/c1-20(2,3)13-25-19(23)17(11-12-28-4)22-27(24)26-18-15-8-6-5-7-14(15)9-10-16(18)21/h5-10,17H,11-13H2,1-4H3/t17-/m0/s1. The fraction of sp³-hybridized carbons (Fsp3) is 0.450. The lowest BCUT2D eigenvalue weighted by atomic mass is 9.99. The van der Waals surface area contributed by atoms with Crippen LogP contribution >= 0.6 is 31.5 Å². The van der Waals surface area contributed by atoms with Gasteiger partial charge in [-0.3, -0.25) is 4.52 Å². The molecule has 0 spiro atoms. The highest BCUT2D eigenvalue weighted by Crippen LogP contribution is 2.38. The van der Waals surface area contributed by atoms with Gasteiger partial charge in [-0.25, -0.2) is 4.79 Å². The van der Waals surface area contributed by atoms with Crippen molar-refractivity contribution in [1.29, 1.82) is 0 Å². The number of fused-ring (bicyclic) bond motifs is 1. The molecule has 8 heteroatoms. The number of esters is 1. The first-order valence-electron chi connectivity index (χ1n) is 8.90. The Morgan fingerprint density at radius 1 is 1.29 bits per heavy atom. The Balaban J connectivity index is 2.22. The van der Waals surface area contributed by atoms with Crippen LogP contribution in [0.4, 0.5) is 0 Å². The molecule has 0 fully saturated rings. The highest BCUT2D eigenvalue weighted by molar-refractivity contribution is 7.98. The molecule has 0 heterocycles. The first-order valence-corrected chi connectivity index (χ1v) is 11.8. The summed E-state index contributed by atoms with van der Waals surface area (Å²) in [5.41, 5.74) is -0.158. The molecule has 0 aliphatic heterocycles. The van der Waals surface area contributed by atoms with Gasteiger partial charge in [-0.15, -0.1) is 0 Å². The predicted octanol–water partition coefficient (Wildman–Crippen LogP) is 5.44. The van der Waals surface area contributed by atoms with E-state index < -0.39 is 20.2 Å². The summed E-state index contributed by atoms with van der Waals surface area (Å²) in [5.74, 6) is 0.507. The van der Waals surface area contributed by atoms with E-state index in [0.717, 1.165) is 10.8 Å². The maximum absolute atomic E-state index is 12.6. The third-order valence-corrected chi connectivity index (χ3v) is 5.50. The number of carbonyl (C=O) groups is 1. The molecule has 0 aliphatic rings. The van der Waals surface area contributed by atoms with Crippen molar-refractivity contribution in [3.05, 3.63) is 41.4 Å². The largest absolute Gasteiger partial charge is 0.575 e. The number of thioether (sulfide) groups is 1. The van der Waals surface area contributed by atoms with Crippen molar-refractivity contribution in [2.45, 2.75) is 33.2 Å². The molecular weight excluding hydrogens is 417 g/mol. The minimum atomic E-state index is -2.49. The molecule has 0 radical (unpaired) electrons. The molecule has 28 heavy (non-hydrogen) atoms. The lowest BCUT2D eigenvalue weighted by Gasteiger charge is -2.19. The van der Waals surface area contributed by atoms with Gasteiger partial charge in [0.1, 0.15) is 0 Å². The van der Waals surface area contributed by atoms with Crippen molar-refractivity contribution in [3.8, 4) is 5.75 Å². The molecule has 0 bridgehead atoms. The Kier molecular flexibility index (Phi) is 8.56. The topological polar surface area (TPSA) is 71.0 Å². The van der Waals surface area contributed by atoms with Gasteiger partial charge in [0, 0.05) is 5.39 Å². The number of carbonyl (C=O) groups excluding carboxylic acids is 1. The number of rotatable bonds is 8. The van der Waals surface area contributed by atoms with Gasteiger partial charge in [0.25, 0.3) is 0 Å². The highest BCUT2D eigenvalue weighted by Gasteiger charge is 2.26. The summed E-state index contributed by atoms with van der Waals surface area (Å²) in [6.45, 7) is 6.19. The van der Waals surface area contributed by atoms with Crippen LogP contribution in [0.1, 0.15) is 27.2 Å². The average Bonchev–Trinajstić information content (AvgIpc) is 2.65. The molecule has 2 aromatic rings. The molecule has 5 nitrogen and oxygen atoms in total. The summed E-state index contributed by atoms with van der Waals surface area (Å²) >= 11 is 7.82. The number of nitrogens with zero attached hydrogens (tertiary/aromatic N) is 1. The van der Waals surface area contributed by atoms with Crippen LogP contribution in [0.25, 0.3) is 10.8 Å². The first-order chi connectivity index (χ1) is 13.2. The maximum Gasteiger partial charge on any atom is 0.395 e. The van der Waals surface area contributed by atoms with E-state index in [9.17, 15) is 9.69 Å². The van der Waals surface area contributed by atoms with Gasteiger partial charge in [0.2, 0.25) is 5.75 Å². The monoisotopic (exact) mass is 441 g/mol. The van der Waals surface area contributed by atoms with Gasteiger partial charge in [0.15, 0.2) is 6.04 Å². The lowest BCUT2D eigenvalue weighted by Crippen LogP contribution is -2.27. The first kappa shape index (κ1) is 23.0. The van der Waals surface area contributed by atoms with Crippen molar-refractivity contribution in [3.63, 3.8) is 0 Å². The molecule has 1 unspecified atom stereocenters. The van der Waals surface area contributed by atoms with Crippen LogP contribution in [0.5, 0.6) is 5.75 Å². The zero-order valence-electron chi connectivity index (χ0n) is 16.5. The number of hydrogen-bond donors (Lipinski definition) is 0. The molecule has 152 valence electrons. The van der Waals surface area contributed by atoms with Crippen LogP contribution in [0.2, 0.25) is 5.02 Å². The number of halogens is 1. The van der Waals surface area contributed by atoms with Crippen LogP contribution in [-0.2, 0) is 9.53 Å².